The molecule has 1 amide bonds. The van der Waals surface area contributed by atoms with Crippen LogP contribution in [0.3, 0.4) is 0 Å². The van der Waals surface area contributed by atoms with E-state index in [9.17, 15) is 4.79 Å². The van der Waals surface area contributed by atoms with E-state index >= 15 is 0 Å². The van der Waals surface area contributed by atoms with Crippen molar-refractivity contribution in [3.63, 3.8) is 0 Å². The summed E-state index contributed by atoms with van der Waals surface area (Å²) < 4.78 is 6.95. The molecule has 0 aliphatic carbocycles. The molecule has 5 nitrogen and oxygen atoms in total. The van der Waals surface area contributed by atoms with Crippen LogP contribution >= 0.6 is 11.6 Å². The third kappa shape index (κ3) is 2.20. The smallest absolute Gasteiger partial charge is 0.246 e. The van der Waals surface area contributed by atoms with E-state index in [2.05, 4.69) is 4.98 Å². The second-order valence-corrected chi connectivity index (χ2v) is 4.17. The Morgan fingerprint density at radius 3 is 2.81 bits per heavy atom. The Kier molecular flexibility index (Phi) is 3.46. The number of rotatable bonds is 2. The zero-order chi connectivity index (χ0) is 11.5. The lowest BCUT2D eigenvalue weighted by molar-refractivity contribution is -0.135. The highest BCUT2D eigenvalue weighted by Gasteiger charge is 2.26. The molecule has 0 saturated carbocycles. The van der Waals surface area contributed by atoms with Crippen LogP contribution in [0.2, 0.25) is 0 Å². The number of morpholine rings is 1. The Morgan fingerprint density at radius 1 is 1.56 bits per heavy atom. The lowest BCUT2D eigenvalue weighted by Crippen LogP contribution is -2.42. The molecule has 0 N–H and O–H groups in total. The number of imidazole rings is 1. The van der Waals surface area contributed by atoms with Gasteiger partial charge in [0.05, 0.1) is 31.4 Å². The minimum absolute atomic E-state index is 0.0754. The number of carbonyl (C=O) groups excluding carboxylic acids is 1. The molecule has 1 aliphatic rings. The monoisotopic (exact) mass is 243 g/mol. The number of hydrogen-bond donors (Lipinski definition) is 0. The van der Waals surface area contributed by atoms with Crippen LogP contribution in [-0.4, -0.2) is 46.7 Å². The first-order valence-electron chi connectivity index (χ1n) is 5.17. The molecule has 1 aromatic rings. The van der Waals surface area contributed by atoms with Crippen molar-refractivity contribution in [2.45, 2.75) is 5.38 Å². The van der Waals surface area contributed by atoms with E-state index in [-0.39, 0.29) is 5.91 Å². The summed E-state index contributed by atoms with van der Waals surface area (Å²) in [5.74, 6) is -0.0754. The van der Waals surface area contributed by atoms with Crippen LogP contribution in [-0.2, 0) is 16.6 Å². The molecule has 1 atom stereocenters. The maximum Gasteiger partial charge on any atom is 0.246 e. The molecule has 1 fully saturated rings. The van der Waals surface area contributed by atoms with E-state index in [1.165, 1.54) is 0 Å². The summed E-state index contributed by atoms with van der Waals surface area (Å²) in [6.07, 6.45) is 3.26. The second kappa shape index (κ2) is 4.84. The first-order valence-corrected chi connectivity index (χ1v) is 5.60. The number of aromatic nitrogens is 2. The Bertz CT molecular complexity index is 374. The van der Waals surface area contributed by atoms with Crippen molar-refractivity contribution < 1.29 is 9.53 Å². The molecule has 2 rings (SSSR count). The number of carbonyl (C=O) groups is 1. The summed E-state index contributed by atoms with van der Waals surface area (Å²) in [5.41, 5.74) is 0.721. The number of ether oxygens (including phenoxy) is 1. The fourth-order valence-corrected chi connectivity index (χ4v) is 2.03. The highest BCUT2D eigenvalue weighted by atomic mass is 35.5. The number of amides is 1. The fraction of sp³-hybridized carbons (Fsp3) is 0.600. The number of nitrogens with zero attached hydrogens (tertiary/aromatic N) is 3. The van der Waals surface area contributed by atoms with E-state index in [1.54, 1.807) is 22.0 Å². The molecule has 6 heteroatoms. The summed E-state index contributed by atoms with van der Waals surface area (Å²) in [4.78, 5) is 17.7. The van der Waals surface area contributed by atoms with E-state index in [0.29, 0.717) is 26.3 Å². The normalized spacial score (nSPS) is 18.5. The van der Waals surface area contributed by atoms with Crippen LogP contribution in [0.1, 0.15) is 11.1 Å². The van der Waals surface area contributed by atoms with Gasteiger partial charge < -0.3 is 14.2 Å². The molecule has 1 aliphatic heterocycles. The predicted octanol–water partition coefficient (Wildman–Crippen LogP) is 0.559. The molecule has 0 spiro atoms. The lowest BCUT2D eigenvalue weighted by atomic mass is 10.2. The van der Waals surface area contributed by atoms with Crippen molar-refractivity contribution in [3.8, 4) is 0 Å². The van der Waals surface area contributed by atoms with Crippen molar-refractivity contribution in [1.29, 1.82) is 0 Å². The van der Waals surface area contributed by atoms with Crippen molar-refractivity contribution in [1.82, 2.24) is 14.5 Å². The van der Waals surface area contributed by atoms with Crippen LogP contribution < -0.4 is 0 Å². The van der Waals surface area contributed by atoms with E-state index in [1.807, 2.05) is 7.05 Å². The third-order valence-electron chi connectivity index (χ3n) is 2.65. The van der Waals surface area contributed by atoms with E-state index in [0.717, 1.165) is 5.69 Å². The Morgan fingerprint density at radius 2 is 2.25 bits per heavy atom. The Labute approximate surface area is 99.0 Å². The molecular weight excluding hydrogens is 230 g/mol. The standard InChI is InChI=1S/C10H14ClN3O2/c1-13-7-12-6-8(13)9(11)10(15)14-2-4-16-5-3-14/h6-7,9H,2-5H2,1H3. The molecule has 2 heterocycles. The van der Waals surface area contributed by atoms with Crippen LogP contribution in [0.4, 0.5) is 0 Å². The van der Waals surface area contributed by atoms with Gasteiger partial charge in [0.15, 0.2) is 5.38 Å². The number of alkyl halides is 1. The second-order valence-electron chi connectivity index (χ2n) is 3.73. The van der Waals surface area contributed by atoms with Gasteiger partial charge in [-0.1, -0.05) is 0 Å². The third-order valence-corrected chi connectivity index (χ3v) is 3.06. The van der Waals surface area contributed by atoms with E-state index < -0.39 is 5.38 Å². The molecule has 1 aromatic heterocycles. The van der Waals surface area contributed by atoms with Gasteiger partial charge in [0.2, 0.25) is 5.91 Å². The van der Waals surface area contributed by atoms with Crippen molar-refractivity contribution in [3.05, 3.63) is 18.2 Å². The molecule has 1 unspecified atom stereocenters. The first-order chi connectivity index (χ1) is 7.70. The van der Waals surface area contributed by atoms with Gasteiger partial charge in [0.1, 0.15) is 0 Å². The van der Waals surface area contributed by atoms with Crippen LogP contribution in [0.15, 0.2) is 12.5 Å². The van der Waals surface area contributed by atoms with Gasteiger partial charge in [-0.25, -0.2) is 4.98 Å². The van der Waals surface area contributed by atoms with Crippen LogP contribution in [0.25, 0.3) is 0 Å². The molecule has 0 aromatic carbocycles. The zero-order valence-electron chi connectivity index (χ0n) is 9.10. The topological polar surface area (TPSA) is 47.4 Å². The van der Waals surface area contributed by atoms with Crippen molar-refractivity contribution in [2.24, 2.45) is 7.05 Å². The minimum Gasteiger partial charge on any atom is -0.378 e. The lowest BCUT2D eigenvalue weighted by Gasteiger charge is -2.28. The van der Waals surface area contributed by atoms with E-state index in [4.69, 9.17) is 16.3 Å². The summed E-state index contributed by atoms with van der Waals surface area (Å²) in [6.45, 7) is 2.39. The van der Waals surface area contributed by atoms with Gasteiger partial charge in [-0.3, -0.25) is 4.79 Å². The summed E-state index contributed by atoms with van der Waals surface area (Å²) in [5, 5.41) is -0.661. The van der Waals surface area contributed by atoms with Gasteiger partial charge in [0.25, 0.3) is 0 Å². The summed E-state index contributed by atoms with van der Waals surface area (Å²) in [6, 6.07) is 0. The number of aryl methyl sites for hydroxylation is 1. The quantitative estimate of drug-likeness (QED) is 0.713. The van der Waals surface area contributed by atoms with Gasteiger partial charge in [-0.2, -0.15) is 0 Å². The number of halogens is 1. The maximum absolute atomic E-state index is 12.0. The van der Waals surface area contributed by atoms with Gasteiger partial charge in [-0.15, -0.1) is 11.6 Å². The van der Waals surface area contributed by atoms with Gasteiger partial charge in [-0.05, 0) is 0 Å². The minimum atomic E-state index is -0.661. The average Bonchev–Trinajstić information content (AvgIpc) is 2.75. The molecule has 0 bridgehead atoms. The van der Waals surface area contributed by atoms with Crippen LogP contribution in [0.5, 0.6) is 0 Å². The van der Waals surface area contributed by atoms with Gasteiger partial charge >= 0.3 is 0 Å². The van der Waals surface area contributed by atoms with Crippen molar-refractivity contribution >= 4 is 17.5 Å². The highest BCUT2D eigenvalue weighted by molar-refractivity contribution is 6.30. The molecular formula is C10H14ClN3O2. The van der Waals surface area contributed by atoms with Crippen LogP contribution in [0, 0.1) is 0 Å². The largest absolute Gasteiger partial charge is 0.378 e. The number of hydrogen-bond acceptors (Lipinski definition) is 3. The first kappa shape index (κ1) is 11.4. The average molecular weight is 244 g/mol. The zero-order valence-corrected chi connectivity index (χ0v) is 9.85. The summed E-state index contributed by atoms with van der Waals surface area (Å²) in [7, 11) is 1.82. The maximum atomic E-state index is 12.0. The molecule has 0 radical (unpaired) electrons. The highest BCUT2D eigenvalue weighted by Crippen LogP contribution is 2.22. The summed E-state index contributed by atoms with van der Waals surface area (Å²) >= 11 is 6.14. The Hall–Kier alpha value is -1.07. The molecule has 16 heavy (non-hydrogen) atoms. The van der Waals surface area contributed by atoms with Crippen molar-refractivity contribution in [2.75, 3.05) is 26.3 Å². The Balaban J connectivity index is 2.06. The predicted molar refractivity (Wildman–Crippen MR) is 59.2 cm³/mol. The van der Waals surface area contributed by atoms with Gasteiger partial charge in [0, 0.05) is 20.1 Å². The SMILES string of the molecule is Cn1cncc1C(Cl)C(=O)N1CCOCC1. The molecule has 88 valence electrons. The fourth-order valence-electron chi connectivity index (χ4n) is 1.68. The molecule has 1 saturated heterocycles.